The molecule has 1 aromatic carbocycles. The summed E-state index contributed by atoms with van der Waals surface area (Å²) in [5, 5.41) is 3.24. The predicted octanol–water partition coefficient (Wildman–Crippen LogP) is 4.56. The molecule has 6 heteroatoms. The van der Waals surface area contributed by atoms with Crippen LogP contribution in [0, 0.1) is 0 Å². The van der Waals surface area contributed by atoms with Crippen molar-refractivity contribution >= 4 is 50.5 Å². The van der Waals surface area contributed by atoms with Gasteiger partial charge in [-0.15, -0.1) is 11.3 Å². The van der Waals surface area contributed by atoms with Gasteiger partial charge in [-0.05, 0) is 40.2 Å². The second kappa shape index (κ2) is 6.41. The zero-order valence-electron chi connectivity index (χ0n) is 10.1. The number of halogens is 2. The molecule has 0 aliphatic rings. The van der Waals surface area contributed by atoms with E-state index in [9.17, 15) is 4.79 Å². The number of hydrogen-bond donors (Lipinski definition) is 1. The zero-order chi connectivity index (χ0) is 13.8. The number of rotatable bonds is 4. The molecule has 3 nitrogen and oxygen atoms in total. The van der Waals surface area contributed by atoms with Crippen molar-refractivity contribution in [3.63, 3.8) is 0 Å². The molecule has 0 fully saturated rings. The summed E-state index contributed by atoms with van der Waals surface area (Å²) < 4.78 is 6.32. The van der Waals surface area contributed by atoms with Crippen molar-refractivity contribution in [2.24, 2.45) is 0 Å². The summed E-state index contributed by atoms with van der Waals surface area (Å²) in [7, 11) is 1.37. The number of anilines is 1. The monoisotopic (exact) mass is 359 g/mol. The van der Waals surface area contributed by atoms with Gasteiger partial charge >= 0.3 is 5.97 Å². The molecule has 0 unspecified atom stereocenters. The quantitative estimate of drug-likeness (QED) is 0.812. The van der Waals surface area contributed by atoms with Gasteiger partial charge in [0.15, 0.2) is 0 Å². The molecule has 19 heavy (non-hydrogen) atoms. The van der Waals surface area contributed by atoms with Gasteiger partial charge in [0.2, 0.25) is 0 Å². The first kappa shape index (κ1) is 14.4. The lowest BCUT2D eigenvalue weighted by Crippen LogP contribution is -2.03. The van der Waals surface area contributed by atoms with Crippen molar-refractivity contribution in [1.29, 1.82) is 0 Å². The van der Waals surface area contributed by atoms with Gasteiger partial charge < -0.3 is 10.1 Å². The molecule has 0 amide bonds. The Bertz CT molecular complexity index is 581. The molecular weight excluding hydrogens is 350 g/mol. The molecule has 0 bridgehead atoms. The van der Waals surface area contributed by atoms with Crippen molar-refractivity contribution in [3.8, 4) is 0 Å². The Morgan fingerprint density at radius 2 is 2.26 bits per heavy atom. The molecule has 2 aromatic rings. The summed E-state index contributed by atoms with van der Waals surface area (Å²) in [6.07, 6.45) is 0. The van der Waals surface area contributed by atoms with Crippen LogP contribution in [0.15, 0.2) is 34.8 Å². The van der Waals surface area contributed by atoms with E-state index in [1.54, 1.807) is 12.1 Å². The highest BCUT2D eigenvalue weighted by atomic mass is 79.9. The third-order valence-corrected chi connectivity index (χ3v) is 4.92. The van der Waals surface area contributed by atoms with Gasteiger partial charge in [0.05, 0.1) is 12.7 Å². The Labute approximate surface area is 128 Å². The summed E-state index contributed by atoms with van der Waals surface area (Å²) in [6, 6.07) is 9.17. The third kappa shape index (κ3) is 3.72. The molecule has 1 heterocycles. The Kier molecular flexibility index (Phi) is 4.85. The van der Waals surface area contributed by atoms with Crippen LogP contribution >= 0.6 is 38.9 Å². The van der Waals surface area contributed by atoms with Crippen molar-refractivity contribution in [3.05, 3.63) is 49.6 Å². The fourth-order valence-corrected chi connectivity index (χ4v) is 3.27. The van der Waals surface area contributed by atoms with Crippen molar-refractivity contribution in [2.45, 2.75) is 6.54 Å². The van der Waals surface area contributed by atoms with E-state index in [1.165, 1.54) is 18.4 Å². The van der Waals surface area contributed by atoms with Gasteiger partial charge in [0.25, 0.3) is 0 Å². The molecule has 0 aliphatic heterocycles. The average Bonchev–Trinajstić information content (AvgIpc) is 2.75. The number of hydrogen-bond acceptors (Lipinski definition) is 4. The molecule has 2 rings (SSSR count). The number of esters is 1. The molecule has 1 N–H and O–H groups in total. The lowest BCUT2D eigenvalue weighted by Gasteiger charge is -2.06. The highest BCUT2D eigenvalue weighted by molar-refractivity contribution is 9.10. The minimum absolute atomic E-state index is 0.342. The maximum atomic E-state index is 11.4. The second-order valence-electron chi connectivity index (χ2n) is 3.76. The molecular formula is C13H11BrClNO2S. The maximum absolute atomic E-state index is 11.4. The topological polar surface area (TPSA) is 38.3 Å². The van der Waals surface area contributed by atoms with Crippen molar-refractivity contribution in [1.82, 2.24) is 0 Å². The van der Waals surface area contributed by atoms with Crippen LogP contribution in [0.5, 0.6) is 0 Å². The van der Waals surface area contributed by atoms with E-state index < -0.39 is 0 Å². The average molecular weight is 361 g/mol. The van der Waals surface area contributed by atoms with Crippen LogP contribution in [0.4, 0.5) is 5.69 Å². The minimum atomic E-state index is -0.342. The molecule has 0 aliphatic carbocycles. The largest absolute Gasteiger partial charge is 0.465 e. The lowest BCUT2D eigenvalue weighted by atomic mass is 10.2. The summed E-state index contributed by atoms with van der Waals surface area (Å²) in [5.74, 6) is -0.342. The van der Waals surface area contributed by atoms with Gasteiger partial charge in [-0.2, -0.15) is 0 Å². The van der Waals surface area contributed by atoms with Crippen LogP contribution in [-0.4, -0.2) is 13.1 Å². The maximum Gasteiger partial charge on any atom is 0.337 e. The fraction of sp³-hybridized carbons (Fsp3) is 0.154. The molecule has 0 saturated heterocycles. The smallest absolute Gasteiger partial charge is 0.337 e. The summed E-state index contributed by atoms with van der Waals surface area (Å²) in [6.45, 7) is 0.653. The van der Waals surface area contributed by atoms with Crippen molar-refractivity contribution in [2.75, 3.05) is 12.4 Å². The number of carbonyl (C=O) groups excluding carboxylic acids is 1. The third-order valence-electron chi connectivity index (χ3n) is 2.45. The van der Waals surface area contributed by atoms with E-state index in [2.05, 4.69) is 26.0 Å². The van der Waals surface area contributed by atoms with Gasteiger partial charge in [0, 0.05) is 21.6 Å². The first-order chi connectivity index (χ1) is 9.10. The van der Waals surface area contributed by atoms with Crippen molar-refractivity contribution < 1.29 is 9.53 Å². The summed E-state index contributed by atoms with van der Waals surface area (Å²) >= 11 is 10.9. The predicted molar refractivity (Wildman–Crippen MR) is 82.1 cm³/mol. The molecule has 1 aromatic heterocycles. The lowest BCUT2D eigenvalue weighted by molar-refractivity contribution is 0.0601. The van der Waals surface area contributed by atoms with Gasteiger partial charge in [-0.1, -0.05) is 17.7 Å². The first-order valence-electron chi connectivity index (χ1n) is 5.46. The van der Waals surface area contributed by atoms with Gasteiger partial charge in [-0.3, -0.25) is 0 Å². The number of benzene rings is 1. The van der Waals surface area contributed by atoms with E-state index in [1.807, 2.05) is 18.2 Å². The molecule has 0 atom stereocenters. The zero-order valence-corrected chi connectivity index (χ0v) is 13.2. The van der Waals surface area contributed by atoms with Crippen LogP contribution in [-0.2, 0) is 11.3 Å². The summed E-state index contributed by atoms with van der Waals surface area (Å²) in [4.78, 5) is 12.5. The van der Waals surface area contributed by atoms with E-state index in [0.717, 1.165) is 19.4 Å². The molecule has 100 valence electrons. The van der Waals surface area contributed by atoms with E-state index in [4.69, 9.17) is 11.6 Å². The normalized spacial score (nSPS) is 10.3. The second-order valence-corrected chi connectivity index (χ2v) is 6.35. The summed E-state index contributed by atoms with van der Waals surface area (Å²) in [5.41, 5.74) is 1.39. The number of methoxy groups -OCH3 is 1. The standard InChI is InChI=1S/C13H11BrClNO2S/c1-18-13(17)8-3-2-4-9(5-8)16-7-10-6-11(14)12(15)19-10/h2-6,16H,7H2,1H3. The SMILES string of the molecule is COC(=O)c1cccc(NCc2cc(Br)c(Cl)s2)c1. The Balaban J connectivity index is 2.05. The van der Waals surface area contributed by atoms with Gasteiger partial charge in [0.1, 0.15) is 4.34 Å². The Hall–Kier alpha value is -1.04. The Morgan fingerprint density at radius 1 is 1.47 bits per heavy atom. The van der Waals surface area contributed by atoms with E-state index >= 15 is 0 Å². The van der Waals surface area contributed by atoms with Crippen LogP contribution < -0.4 is 5.32 Å². The number of carbonyl (C=O) groups is 1. The van der Waals surface area contributed by atoms with Crippen LogP contribution in [0.25, 0.3) is 0 Å². The molecule has 0 radical (unpaired) electrons. The first-order valence-corrected chi connectivity index (χ1v) is 7.45. The molecule has 0 saturated carbocycles. The highest BCUT2D eigenvalue weighted by Crippen LogP contribution is 2.32. The number of nitrogens with one attached hydrogen (secondary N) is 1. The molecule has 0 spiro atoms. The number of thiophene rings is 1. The number of ether oxygens (including phenoxy) is 1. The fourth-order valence-electron chi connectivity index (χ4n) is 1.54. The van der Waals surface area contributed by atoms with Crippen LogP contribution in [0.2, 0.25) is 4.34 Å². The van der Waals surface area contributed by atoms with Crippen LogP contribution in [0.3, 0.4) is 0 Å². The minimum Gasteiger partial charge on any atom is -0.465 e. The van der Waals surface area contributed by atoms with E-state index in [-0.39, 0.29) is 5.97 Å². The highest BCUT2D eigenvalue weighted by Gasteiger charge is 2.07. The Morgan fingerprint density at radius 3 is 2.89 bits per heavy atom. The van der Waals surface area contributed by atoms with Gasteiger partial charge in [-0.25, -0.2) is 4.79 Å². The van der Waals surface area contributed by atoms with Crippen LogP contribution in [0.1, 0.15) is 15.2 Å². The van der Waals surface area contributed by atoms with E-state index in [0.29, 0.717) is 12.1 Å².